The van der Waals surface area contributed by atoms with E-state index in [2.05, 4.69) is 15.0 Å². The van der Waals surface area contributed by atoms with E-state index in [1.807, 2.05) is 12.3 Å². The Labute approximate surface area is 195 Å². The largest absolute Gasteiger partial charge is 0.496 e. The van der Waals surface area contributed by atoms with Crippen molar-refractivity contribution >= 4 is 32.6 Å². The van der Waals surface area contributed by atoms with Crippen LogP contribution in [-0.4, -0.2) is 43.4 Å². The summed E-state index contributed by atoms with van der Waals surface area (Å²) in [4.78, 5) is 11.8. The van der Waals surface area contributed by atoms with Crippen molar-refractivity contribution in [3.05, 3.63) is 59.4 Å². The third-order valence-corrected chi connectivity index (χ3v) is 7.15. The summed E-state index contributed by atoms with van der Waals surface area (Å²) in [6.45, 7) is 0.478. The van der Waals surface area contributed by atoms with Crippen molar-refractivity contribution in [2.75, 3.05) is 18.9 Å². The summed E-state index contributed by atoms with van der Waals surface area (Å²) in [5.74, 6) is 0.670. The van der Waals surface area contributed by atoms with E-state index in [0.29, 0.717) is 41.7 Å². The molecule has 0 radical (unpaired) electrons. The summed E-state index contributed by atoms with van der Waals surface area (Å²) >= 11 is 0. The average Bonchev–Trinajstić information content (AvgIpc) is 3.47. The lowest BCUT2D eigenvalue weighted by Gasteiger charge is -2.19. The van der Waals surface area contributed by atoms with Crippen LogP contribution in [0.25, 0.3) is 11.0 Å². The van der Waals surface area contributed by atoms with Gasteiger partial charge in [0, 0.05) is 25.2 Å². The number of aromatic nitrogens is 3. The van der Waals surface area contributed by atoms with Crippen molar-refractivity contribution in [2.24, 2.45) is 0 Å². The second kappa shape index (κ2) is 8.49. The summed E-state index contributed by atoms with van der Waals surface area (Å²) < 4.78 is 47.3. The summed E-state index contributed by atoms with van der Waals surface area (Å²) in [5.41, 5.74) is 2.80. The van der Waals surface area contributed by atoms with Crippen LogP contribution in [0.2, 0.25) is 0 Å². The molecule has 0 amide bonds. The minimum absolute atomic E-state index is 0.00617. The minimum atomic E-state index is -4.12. The van der Waals surface area contributed by atoms with Gasteiger partial charge in [0.1, 0.15) is 27.6 Å². The molecular formula is C23H22N4O6S. The number of nitrogens with zero attached hydrogens (tertiary/aromatic N) is 3. The monoisotopic (exact) mass is 482 g/mol. The number of nitrogens with one attached hydrogen (secondary N) is 1. The van der Waals surface area contributed by atoms with Crippen LogP contribution in [0.15, 0.2) is 52.1 Å². The number of hydrogen-bond acceptors (Lipinski definition) is 8. The molecule has 0 saturated carbocycles. The fraction of sp³-hybridized carbons (Fsp3) is 0.261. The molecule has 4 aromatic rings. The molecule has 176 valence electrons. The summed E-state index contributed by atoms with van der Waals surface area (Å²) in [5, 5.41) is 8.53. The maximum absolute atomic E-state index is 13.4. The zero-order valence-corrected chi connectivity index (χ0v) is 19.4. The van der Waals surface area contributed by atoms with Gasteiger partial charge in [-0.05, 0) is 53.4 Å². The Balaban J connectivity index is 1.52. The lowest BCUT2D eigenvalue weighted by Crippen LogP contribution is -2.18. The first-order valence-corrected chi connectivity index (χ1v) is 12.0. The van der Waals surface area contributed by atoms with Gasteiger partial charge in [-0.1, -0.05) is 5.16 Å². The highest BCUT2D eigenvalue weighted by atomic mass is 32.2. The Kier molecular flexibility index (Phi) is 5.48. The Morgan fingerprint density at radius 2 is 1.91 bits per heavy atom. The van der Waals surface area contributed by atoms with Crippen molar-refractivity contribution in [3.63, 3.8) is 0 Å². The van der Waals surface area contributed by atoms with Crippen LogP contribution < -0.4 is 14.2 Å². The molecule has 1 aliphatic rings. The molecular weight excluding hydrogens is 460 g/mol. The number of anilines is 1. The topological polar surface area (TPSA) is 126 Å². The normalized spacial score (nSPS) is 13.6. The summed E-state index contributed by atoms with van der Waals surface area (Å²) in [6, 6.07) is 8.54. The van der Waals surface area contributed by atoms with Crippen LogP contribution in [0.4, 0.5) is 5.82 Å². The van der Waals surface area contributed by atoms with E-state index in [9.17, 15) is 13.2 Å². The molecule has 11 heteroatoms. The highest BCUT2D eigenvalue weighted by Gasteiger charge is 2.27. The minimum Gasteiger partial charge on any atom is -0.496 e. The number of aryl methyl sites for hydroxylation is 1. The summed E-state index contributed by atoms with van der Waals surface area (Å²) in [6.07, 6.45) is 4.71. The van der Waals surface area contributed by atoms with Crippen LogP contribution in [0.5, 0.6) is 11.5 Å². The molecule has 34 heavy (non-hydrogen) atoms. The van der Waals surface area contributed by atoms with Crippen molar-refractivity contribution in [1.82, 2.24) is 14.9 Å². The number of sulfonamides is 1. The predicted molar refractivity (Wildman–Crippen MR) is 123 cm³/mol. The number of benzene rings is 2. The number of Topliss-reactive ketones (excluding diaryl/α,β-unsaturated/α-hetero) is 1. The zero-order chi connectivity index (χ0) is 23.9. The highest BCUT2D eigenvalue weighted by Crippen LogP contribution is 2.37. The first kappa shape index (κ1) is 22.0. The first-order chi connectivity index (χ1) is 16.4. The van der Waals surface area contributed by atoms with Gasteiger partial charge >= 0.3 is 0 Å². The molecule has 5 rings (SSSR count). The molecule has 0 aliphatic heterocycles. The van der Waals surface area contributed by atoms with Crippen LogP contribution in [0.1, 0.15) is 23.1 Å². The number of hydrogen-bond donors (Lipinski definition) is 1. The Morgan fingerprint density at radius 3 is 2.65 bits per heavy atom. The number of ether oxygens (including phenoxy) is 2. The number of fused-ring (bicyclic) bond motifs is 2. The van der Waals surface area contributed by atoms with E-state index in [-0.39, 0.29) is 28.7 Å². The van der Waals surface area contributed by atoms with Gasteiger partial charge in [0.25, 0.3) is 10.0 Å². The fourth-order valence-electron chi connectivity index (χ4n) is 4.16. The molecule has 2 heterocycles. The number of carbonyl (C=O) groups is 1. The second-order valence-corrected chi connectivity index (χ2v) is 9.65. The van der Waals surface area contributed by atoms with Crippen LogP contribution >= 0.6 is 0 Å². The van der Waals surface area contributed by atoms with Gasteiger partial charge in [0.2, 0.25) is 0 Å². The van der Waals surface area contributed by atoms with Gasteiger partial charge in [-0.3, -0.25) is 14.2 Å². The smallest absolute Gasteiger partial charge is 0.266 e. The number of ketones is 1. The highest BCUT2D eigenvalue weighted by molar-refractivity contribution is 7.92. The molecule has 0 bridgehead atoms. The molecule has 1 aliphatic carbocycles. The SMILES string of the molecule is COc1cc2c(cc1S(=O)(=O)Nc1noc3cc(Cn4cccn4)cc(OC)c13)CC(=O)CC2. The van der Waals surface area contributed by atoms with Gasteiger partial charge in [0.05, 0.1) is 20.8 Å². The van der Waals surface area contributed by atoms with E-state index in [1.165, 1.54) is 20.3 Å². The van der Waals surface area contributed by atoms with Gasteiger partial charge in [-0.2, -0.15) is 5.10 Å². The third kappa shape index (κ3) is 3.98. The average molecular weight is 483 g/mol. The van der Waals surface area contributed by atoms with E-state index >= 15 is 0 Å². The summed E-state index contributed by atoms with van der Waals surface area (Å²) in [7, 11) is -1.23. The molecule has 10 nitrogen and oxygen atoms in total. The van der Waals surface area contributed by atoms with Crippen LogP contribution in [-0.2, 0) is 34.2 Å². The Hall–Kier alpha value is -3.86. The van der Waals surface area contributed by atoms with Crippen molar-refractivity contribution in [1.29, 1.82) is 0 Å². The number of rotatable bonds is 7. The van der Waals surface area contributed by atoms with Crippen molar-refractivity contribution in [2.45, 2.75) is 30.7 Å². The van der Waals surface area contributed by atoms with Gasteiger partial charge < -0.3 is 14.0 Å². The van der Waals surface area contributed by atoms with Crippen molar-refractivity contribution < 1.29 is 27.2 Å². The quantitative estimate of drug-likeness (QED) is 0.426. The molecule has 0 saturated heterocycles. The van der Waals surface area contributed by atoms with E-state index in [1.54, 1.807) is 29.1 Å². The van der Waals surface area contributed by atoms with Gasteiger partial charge in [0.15, 0.2) is 11.4 Å². The van der Waals surface area contributed by atoms with E-state index < -0.39 is 10.0 Å². The molecule has 0 fully saturated rings. The second-order valence-electron chi connectivity index (χ2n) is 8.00. The lowest BCUT2D eigenvalue weighted by molar-refractivity contribution is -0.118. The Morgan fingerprint density at radius 1 is 1.09 bits per heavy atom. The van der Waals surface area contributed by atoms with Crippen molar-refractivity contribution in [3.8, 4) is 11.5 Å². The number of methoxy groups -OCH3 is 2. The predicted octanol–water partition coefficient (Wildman–Crippen LogP) is 2.95. The molecule has 0 atom stereocenters. The Bertz CT molecular complexity index is 1490. The van der Waals surface area contributed by atoms with Crippen LogP contribution in [0, 0.1) is 0 Å². The maximum atomic E-state index is 13.4. The molecule has 2 aromatic carbocycles. The number of carbonyl (C=O) groups excluding carboxylic acids is 1. The molecule has 0 unspecified atom stereocenters. The van der Waals surface area contributed by atoms with E-state index in [0.717, 1.165) is 11.1 Å². The van der Waals surface area contributed by atoms with Gasteiger partial charge in [-0.15, -0.1) is 0 Å². The van der Waals surface area contributed by atoms with E-state index in [4.69, 9.17) is 14.0 Å². The standard InChI is InChI=1S/C23H22N4O6S/c1-31-18-11-15-4-5-17(28)10-16(15)12-21(18)34(29,30)26-23-22-19(32-2)8-14(9-20(22)33-25-23)13-27-7-3-6-24-27/h3,6-9,11-12H,4-5,10,13H2,1-2H3,(H,25,26). The van der Waals surface area contributed by atoms with Gasteiger partial charge in [-0.25, -0.2) is 8.42 Å². The molecule has 0 spiro atoms. The van der Waals surface area contributed by atoms with Crippen LogP contribution in [0.3, 0.4) is 0 Å². The third-order valence-electron chi connectivity index (χ3n) is 5.79. The first-order valence-electron chi connectivity index (χ1n) is 10.6. The zero-order valence-electron chi connectivity index (χ0n) is 18.6. The maximum Gasteiger partial charge on any atom is 0.266 e. The molecule has 2 aromatic heterocycles. The fourth-order valence-corrected chi connectivity index (χ4v) is 5.37. The lowest BCUT2D eigenvalue weighted by atomic mass is 9.91. The molecule has 1 N–H and O–H groups in total.